The Kier molecular flexibility index (Phi) is 4.73. The molecule has 0 aliphatic rings. The lowest BCUT2D eigenvalue weighted by Crippen LogP contribution is -2.13. The zero-order valence-electron chi connectivity index (χ0n) is 12.3. The van der Waals surface area contributed by atoms with Crippen molar-refractivity contribution in [1.82, 2.24) is 0 Å². The fourth-order valence-electron chi connectivity index (χ4n) is 1.96. The molecule has 114 valence electrons. The van der Waals surface area contributed by atoms with Crippen LogP contribution in [0.15, 0.2) is 42.5 Å². The van der Waals surface area contributed by atoms with E-state index in [1.807, 2.05) is 6.92 Å². The van der Waals surface area contributed by atoms with Crippen LogP contribution >= 0.6 is 0 Å². The summed E-state index contributed by atoms with van der Waals surface area (Å²) in [7, 11) is 0. The largest absolute Gasteiger partial charge is 0.494 e. The zero-order valence-corrected chi connectivity index (χ0v) is 12.3. The highest BCUT2D eigenvalue weighted by Gasteiger charge is 2.16. The number of benzene rings is 2. The van der Waals surface area contributed by atoms with Crippen LogP contribution in [-0.2, 0) is 0 Å². The van der Waals surface area contributed by atoms with Gasteiger partial charge in [-0.25, -0.2) is 0 Å². The number of nitrogens with one attached hydrogen (secondary N) is 1. The summed E-state index contributed by atoms with van der Waals surface area (Å²) in [4.78, 5) is 22.7. The molecule has 0 bridgehead atoms. The number of hydrogen-bond acceptors (Lipinski definition) is 4. The van der Waals surface area contributed by atoms with Crippen LogP contribution in [0.2, 0.25) is 0 Å². The minimum Gasteiger partial charge on any atom is -0.494 e. The number of anilines is 1. The third kappa shape index (κ3) is 3.60. The van der Waals surface area contributed by atoms with Crippen molar-refractivity contribution in [3.8, 4) is 5.75 Å². The monoisotopic (exact) mass is 300 g/mol. The van der Waals surface area contributed by atoms with Gasteiger partial charge in [0.05, 0.1) is 11.5 Å². The molecule has 22 heavy (non-hydrogen) atoms. The van der Waals surface area contributed by atoms with E-state index < -0.39 is 10.8 Å². The first-order valence-corrected chi connectivity index (χ1v) is 6.80. The van der Waals surface area contributed by atoms with Gasteiger partial charge in [0.2, 0.25) is 0 Å². The Balaban J connectivity index is 2.20. The number of hydrogen-bond donors (Lipinski definition) is 1. The van der Waals surface area contributed by atoms with Crippen molar-refractivity contribution in [1.29, 1.82) is 0 Å². The molecular weight excluding hydrogens is 284 g/mol. The second-order valence-corrected chi connectivity index (χ2v) is 4.69. The maximum Gasteiger partial charge on any atom is 0.293 e. The van der Waals surface area contributed by atoms with Crippen LogP contribution in [0.25, 0.3) is 0 Å². The minimum atomic E-state index is -0.513. The van der Waals surface area contributed by atoms with E-state index in [0.717, 1.165) is 5.56 Å². The van der Waals surface area contributed by atoms with Crippen molar-refractivity contribution in [2.45, 2.75) is 13.8 Å². The van der Waals surface area contributed by atoms with Gasteiger partial charge in [-0.1, -0.05) is 6.07 Å². The quantitative estimate of drug-likeness (QED) is 0.676. The molecule has 0 fully saturated rings. The number of nitro groups is 1. The number of nitro benzene ring substituents is 1. The van der Waals surface area contributed by atoms with Gasteiger partial charge in [0.25, 0.3) is 11.6 Å². The second kappa shape index (κ2) is 6.71. The Hall–Kier alpha value is -2.89. The Morgan fingerprint density at radius 1 is 1.23 bits per heavy atom. The first-order valence-electron chi connectivity index (χ1n) is 6.80. The SMILES string of the molecule is CCOc1ccc(C(=O)Nc2ccc(C)cc2[N+](=O)[O-])cc1. The lowest BCUT2D eigenvalue weighted by Gasteiger charge is -2.08. The van der Waals surface area contributed by atoms with Crippen LogP contribution in [0.4, 0.5) is 11.4 Å². The van der Waals surface area contributed by atoms with Crippen molar-refractivity contribution in [2.24, 2.45) is 0 Å². The molecule has 6 nitrogen and oxygen atoms in total. The van der Waals surface area contributed by atoms with Crippen LogP contribution in [0, 0.1) is 17.0 Å². The van der Waals surface area contributed by atoms with Gasteiger partial charge in [-0.2, -0.15) is 0 Å². The summed E-state index contributed by atoms with van der Waals surface area (Å²) in [6.07, 6.45) is 0. The number of ether oxygens (including phenoxy) is 1. The maximum absolute atomic E-state index is 12.2. The third-order valence-corrected chi connectivity index (χ3v) is 3.03. The second-order valence-electron chi connectivity index (χ2n) is 4.69. The molecule has 2 aromatic carbocycles. The van der Waals surface area contributed by atoms with Crippen LogP contribution in [0.3, 0.4) is 0 Å². The first kappa shape index (κ1) is 15.5. The summed E-state index contributed by atoms with van der Waals surface area (Å²) >= 11 is 0. The summed E-state index contributed by atoms with van der Waals surface area (Å²) in [5, 5.41) is 13.6. The summed E-state index contributed by atoms with van der Waals surface area (Å²) < 4.78 is 5.30. The smallest absolute Gasteiger partial charge is 0.293 e. The normalized spacial score (nSPS) is 10.1. The molecule has 2 aromatic rings. The van der Waals surface area contributed by atoms with Gasteiger partial charge in [0.15, 0.2) is 0 Å². The van der Waals surface area contributed by atoms with Gasteiger partial charge in [0.1, 0.15) is 11.4 Å². The van der Waals surface area contributed by atoms with Crippen molar-refractivity contribution in [3.05, 3.63) is 63.7 Å². The molecule has 6 heteroatoms. The van der Waals surface area contributed by atoms with Gasteiger partial charge >= 0.3 is 0 Å². The summed E-state index contributed by atoms with van der Waals surface area (Å²) in [5.41, 5.74) is 1.21. The van der Waals surface area contributed by atoms with E-state index in [0.29, 0.717) is 17.9 Å². The Labute approximate surface area is 127 Å². The van der Waals surface area contributed by atoms with E-state index in [1.165, 1.54) is 12.1 Å². The van der Waals surface area contributed by atoms with E-state index >= 15 is 0 Å². The first-order chi connectivity index (χ1) is 10.5. The van der Waals surface area contributed by atoms with E-state index in [9.17, 15) is 14.9 Å². The van der Waals surface area contributed by atoms with Crippen molar-refractivity contribution >= 4 is 17.3 Å². The topological polar surface area (TPSA) is 81.5 Å². The third-order valence-electron chi connectivity index (χ3n) is 3.03. The van der Waals surface area contributed by atoms with E-state index in [1.54, 1.807) is 37.3 Å². The van der Waals surface area contributed by atoms with E-state index in [-0.39, 0.29) is 11.4 Å². The van der Waals surface area contributed by atoms with E-state index in [4.69, 9.17) is 4.74 Å². The summed E-state index contributed by atoms with van der Waals surface area (Å²) in [5.74, 6) is 0.260. The van der Waals surface area contributed by atoms with Gasteiger partial charge in [-0.3, -0.25) is 14.9 Å². The molecule has 0 saturated carbocycles. The number of aryl methyl sites for hydroxylation is 1. The maximum atomic E-state index is 12.2. The highest BCUT2D eigenvalue weighted by atomic mass is 16.6. The van der Waals surface area contributed by atoms with Gasteiger partial charge in [-0.05, 0) is 49.7 Å². The molecule has 0 saturated heterocycles. The summed E-state index contributed by atoms with van der Waals surface area (Å²) in [6.45, 7) is 4.17. The number of rotatable bonds is 5. The van der Waals surface area contributed by atoms with Crippen LogP contribution < -0.4 is 10.1 Å². The number of amides is 1. The van der Waals surface area contributed by atoms with Crippen molar-refractivity contribution in [3.63, 3.8) is 0 Å². The standard InChI is InChI=1S/C16H16N2O4/c1-3-22-13-7-5-12(6-8-13)16(19)17-14-9-4-11(2)10-15(14)18(20)21/h4-10H,3H2,1-2H3,(H,17,19). The molecule has 0 spiro atoms. The fourth-order valence-corrected chi connectivity index (χ4v) is 1.96. The molecule has 0 unspecified atom stereocenters. The van der Waals surface area contributed by atoms with Gasteiger partial charge in [-0.15, -0.1) is 0 Å². The van der Waals surface area contributed by atoms with E-state index in [2.05, 4.69) is 5.32 Å². The Morgan fingerprint density at radius 2 is 1.91 bits per heavy atom. The highest BCUT2D eigenvalue weighted by molar-refractivity contribution is 6.05. The van der Waals surface area contributed by atoms with Crippen molar-refractivity contribution in [2.75, 3.05) is 11.9 Å². The molecule has 0 aromatic heterocycles. The van der Waals surface area contributed by atoms with Crippen LogP contribution in [-0.4, -0.2) is 17.4 Å². The average molecular weight is 300 g/mol. The van der Waals surface area contributed by atoms with Gasteiger partial charge < -0.3 is 10.1 Å². The average Bonchev–Trinajstić information content (AvgIpc) is 2.50. The number of carbonyl (C=O) groups excluding carboxylic acids is 1. The number of carbonyl (C=O) groups is 1. The molecule has 0 aliphatic heterocycles. The lowest BCUT2D eigenvalue weighted by molar-refractivity contribution is -0.384. The van der Waals surface area contributed by atoms with Crippen LogP contribution in [0.1, 0.15) is 22.8 Å². The summed E-state index contributed by atoms with van der Waals surface area (Å²) in [6, 6.07) is 11.2. The van der Waals surface area contributed by atoms with Gasteiger partial charge in [0, 0.05) is 11.6 Å². The van der Waals surface area contributed by atoms with Crippen LogP contribution in [0.5, 0.6) is 5.75 Å². The predicted octanol–water partition coefficient (Wildman–Crippen LogP) is 3.55. The Bertz CT molecular complexity index is 696. The fraction of sp³-hybridized carbons (Fsp3) is 0.188. The molecule has 1 N–H and O–H groups in total. The lowest BCUT2D eigenvalue weighted by atomic mass is 10.1. The Morgan fingerprint density at radius 3 is 2.50 bits per heavy atom. The molecule has 2 rings (SSSR count). The predicted molar refractivity (Wildman–Crippen MR) is 83.4 cm³/mol. The number of nitrogens with zero attached hydrogens (tertiary/aromatic N) is 1. The molecule has 1 amide bonds. The molecule has 0 atom stereocenters. The molecular formula is C16H16N2O4. The van der Waals surface area contributed by atoms with Crippen molar-refractivity contribution < 1.29 is 14.5 Å². The zero-order chi connectivity index (χ0) is 16.1. The highest BCUT2D eigenvalue weighted by Crippen LogP contribution is 2.26. The molecule has 0 heterocycles. The molecule has 0 radical (unpaired) electrons. The minimum absolute atomic E-state index is 0.126. The molecule has 0 aliphatic carbocycles.